The number of nitrogens with two attached hydrogens (primary N) is 1. The molecular weight excluding hydrogens is 216 g/mol. The van der Waals surface area contributed by atoms with Gasteiger partial charge in [0.1, 0.15) is 0 Å². The van der Waals surface area contributed by atoms with E-state index in [4.69, 9.17) is 10.5 Å². The quantitative estimate of drug-likeness (QED) is 0.792. The average Bonchev–Trinajstić information content (AvgIpc) is 2.41. The largest absolute Gasteiger partial charge is 0.380 e. The Kier molecular flexibility index (Phi) is 5.40. The lowest BCUT2D eigenvalue weighted by atomic mass is 9.80. The van der Waals surface area contributed by atoms with Gasteiger partial charge < -0.3 is 15.4 Å². The number of amides is 1. The number of methoxy groups -OCH3 is 1. The van der Waals surface area contributed by atoms with Gasteiger partial charge in [0.05, 0.1) is 11.5 Å². The molecule has 0 spiro atoms. The summed E-state index contributed by atoms with van der Waals surface area (Å²) in [4.78, 5) is 14.5. The highest BCUT2D eigenvalue weighted by Crippen LogP contribution is 2.29. The molecule has 1 amide bonds. The third-order valence-electron chi connectivity index (χ3n) is 4.20. The highest BCUT2D eigenvalue weighted by atomic mass is 16.5. The van der Waals surface area contributed by atoms with Gasteiger partial charge in [-0.2, -0.15) is 0 Å². The fourth-order valence-corrected chi connectivity index (χ4v) is 2.58. The van der Waals surface area contributed by atoms with E-state index in [1.54, 1.807) is 7.11 Å². The minimum absolute atomic E-state index is 0.192. The summed E-state index contributed by atoms with van der Waals surface area (Å²) in [6, 6.07) is 0. The molecule has 1 rings (SSSR count). The van der Waals surface area contributed by atoms with E-state index in [-0.39, 0.29) is 17.4 Å². The van der Waals surface area contributed by atoms with E-state index in [2.05, 4.69) is 0 Å². The van der Waals surface area contributed by atoms with Gasteiger partial charge in [-0.1, -0.05) is 13.8 Å². The smallest absolute Gasteiger partial charge is 0.230 e. The zero-order valence-corrected chi connectivity index (χ0v) is 11.4. The van der Waals surface area contributed by atoms with Crippen molar-refractivity contribution < 1.29 is 9.53 Å². The maximum Gasteiger partial charge on any atom is 0.230 e. The Bertz CT molecular complexity index is 244. The molecule has 0 aromatic rings. The Morgan fingerprint density at radius 3 is 2.59 bits per heavy atom. The van der Waals surface area contributed by atoms with Crippen LogP contribution in [0.3, 0.4) is 0 Å². The van der Waals surface area contributed by atoms with Gasteiger partial charge in [-0.15, -0.1) is 0 Å². The first-order chi connectivity index (χ1) is 8.13. The van der Waals surface area contributed by atoms with Crippen molar-refractivity contribution in [2.24, 2.45) is 11.1 Å². The monoisotopic (exact) mass is 242 g/mol. The van der Waals surface area contributed by atoms with Gasteiger partial charge in [0, 0.05) is 26.7 Å². The normalized spacial score (nSPS) is 21.6. The van der Waals surface area contributed by atoms with Gasteiger partial charge in [-0.3, -0.25) is 4.79 Å². The molecule has 1 aliphatic heterocycles. The van der Waals surface area contributed by atoms with Crippen LogP contribution in [0.5, 0.6) is 0 Å². The Labute approximate surface area is 104 Å². The van der Waals surface area contributed by atoms with Crippen molar-refractivity contribution in [1.82, 2.24) is 4.90 Å². The van der Waals surface area contributed by atoms with Crippen LogP contribution in [0.1, 0.15) is 39.5 Å². The van der Waals surface area contributed by atoms with Crippen LogP contribution in [-0.4, -0.2) is 43.7 Å². The summed E-state index contributed by atoms with van der Waals surface area (Å²) in [5.74, 6) is 0.215. The molecule has 4 heteroatoms. The molecule has 1 fully saturated rings. The van der Waals surface area contributed by atoms with E-state index < -0.39 is 0 Å². The Morgan fingerprint density at radius 1 is 1.47 bits per heavy atom. The van der Waals surface area contributed by atoms with Gasteiger partial charge in [0.15, 0.2) is 0 Å². The first kappa shape index (κ1) is 14.5. The molecule has 1 aliphatic rings. The summed E-state index contributed by atoms with van der Waals surface area (Å²) in [6.45, 7) is 6.10. The van der Waals surface area contributed by atoms with Crippen molar-refractivity contribution in [2.45, 2.75) is 45.6 Å². The molecule has 4 nitrogen and oxygen atoms in total. The fraction of sp³-hybridized carbons (Fsp3) is 0.923. The third kappa shape index (κ3) is 2.99. The summed E-state index contributed by atoms with van der Waals surface area (Å²) >= 11 is 0. The summed E-state index contributed by atoms with van der Waals surface area (Å²) in [5, 5.41) is 0. The average molecular weight is 242 g/mol. The van der Waals surface area contributed by atoms with Crippen LogP contribution in [0.4, 0.5) is 0 Å². The summed E-state index contributed by atoms with van der Waals surface area (Å²) in [7, 11) is 1.72. The fourth-order valence-electron chi connectivity index (χ4n) is 2.58. The number of rotatable bonds is 5. The molecule has 1 unspecified atom stereocenters. The van der Waals surface area contributed by atoms with E-state index >= 15 is 0 Å². The maximum absolute atomic E-state index is 12.6. The predicted octanol–water partition coefficient (Wildman–Crippen LogP) is 1.39. The first-order valence-electron chi connectivity index (χ1n) is 6.65. The molecule has 1 atom stereocenters. The Morgan fingerprint density at radius 2 is 2.12 bits per heavy atom. The van der Waals surface area contributed by atoms with Crippen molar-refractivity contribution in [2.75, 3.05) is 26.7 Å². The number of carbonyl (C=O) groups excluding carboxylic acids is 1. The molecule has 0 aromatic heterocycles. The van der Waals surface area contributed by atoms with Crippen molar-refractivity contribution in [3.05, 3.63) is 0 Å². The van der Waals surface area contributed by atoms with Gasteiger partial charge in [0.25, 0.3) is 0 Å². The second-order valence-electron chi connectivity index (χ2n) is 4.94. The van der Waals surface area contributed by atoms with E-state index in [9.17, 15) is 4.79 Å². The van der Waals surface area contributed by atoms with Gasteiger partial charge >= 0.3 is 0 Å². The zero-order chi connectivity index (χ0) is 12.9. The Balaban J connectivity index is 2.73. The standard InChI is InChI=1S/C13H26N2O2/c1-4-13(5-2,10-14)12(16)15-8-6-7-11(9-15)17-3/h11H,4-10,14H2,1-3H3. The Hall–Kier alpha value is -0.610. The number of carbonyl (C=O) groups is 1. The van der Waals surface area contributed by atoms with Gasteiger partial charge in [0.2, 0.25) is 5.91 Å². The first-order valence-corrected chi connectivity index (χ1v) is 6.65. The van der Waals surface area contributed by atoms with Gasteiger partial charge in [-0.05, 0) is 25.7 Å². The van der Waals surface area contributed by atoms with Crippen LogP contribution < -0.4 is 5.73 Å². The minimum atomic E-state index is -0.365. The molecule has 17 heavy (non-hydrogen) atoms. The van der Waals surface area contributed by atoms with Crippen molar-refractivity contribution in [3.8, 4) is 0 Å². The highest BCUT2D eigenvalue weighted by molar-refractivity contribution is 5.83. The zero-order valence-electron chi connectivity index (χ0n) is 11.4. The van der Waals surface area contributed by atoms with Crippen LogP contribution in [0.25, 0.3) is 0 Å². The van der Waals surface area contributed by atoms with Crippen LogP contribution in [0.2, 0.25) is 0 Å². The molecule has 100 valence electrons. The SMILES string of the molecule is CCC(CC)(CN)C(=O)N1CCCC(OC)C1. The number of nitrogens with zero attached hydrogens (tertiary/aromatic N) is 1. The van der Waals surface area contributed by atoms with Crippen LogP contribution in [0.15, 0.2) is 0 Å². The minimum Gasteiger partial charge on any atom is -0.380 e. The molecule has 1 heterocycles. The van der Waals surface area contributed by atoms with E-state index in [1.807, 2.05) is 18.7 Å². The summed E-state index contributed by atoms with van der Waals surface area (Å²) in [5.41, 5.74) is 5.46. The van der Waals surface area contributed by atoms with Gasteiger partial charge in [-0.25, -0.2) is 0 Å². The number of hydrogen-bond donors (Lipinski definition) is 1. The topological polar surface area (TPSA) is 55.6 Å². The number of likely N-dealkylation sites (tertiary alicyclic amines) is 1. The van der Waals surface area contributed by atoms with Crippen LogP contribution >= 0.6 is 0 Å². The lowest BCUT2D eigenvalue weighted by molar-refractivity contribution is -0.145. The second kappa shape index (κ2) is 6.36. The van der Waals surface area contributed by atoms with E-state index in [0.717, 1.165) is 38.8 Å². The van der Waals surface area contributed by atoms with E-state index in [0.29, 0.717) is 6.54 Å². The van der Waals surface area contributed by atoms with Crippen molar-refractivity contribution in [3.63, 3.8) is 0 Å². The number of hydrogen-bond acceptors (Lipinski definition) is 3. The number of piperidine rings is 1. The van der Waals surface area contributed by atoms with Crippen LogP contribution in [0, 0.1) is 5.41 Å². The predicted molar refractivity (Wildman–Crippen MR) is 68.7 cm³/mol. The molecular formula is C13H26N2O2. The van der Waals surface area contributed by atoms with Crippen molar-refractivity contribution >= 4 is 5.91 Å². The van der Waals surface area contributed by atoms with Crippen LogP contribution in [-0.2, 0) is 9.53 Å². The maximum atomic E-state index is 12.6. The second-order valence-corrected chi connectivity index (χ2v) is 4.94. The lowest BCUT2D eigenvalue weighted by Crippen LogP contribution is -2.52. The molecule has 0 aromatic carbocycles. The number of ether oxygens (including phenoxy) is 1. The highest BCUT2D eigenvalue weighted by Gasteiger charge is 2.38. The molecule has 0 saturated carbocycles. The van der Waals surface area contributed by atoms with E-state index in [1.165, 1.54) is 0 Å². The summed E-state index contributed by atoms with van der Waals surface area (Å²) < 4.78 is 5.36. The lowest BCUT2D eigenvalue weighted by Gasteiger charge is -2.39. The third-order valence-corrected chi connectivity index (χ3v) is 4.20. The molecule has 0 aliphatic carbocycles. The molecule has 0 radical (unpaired) electrons. The van der Waals surface area contributed by atoms with Crippen molar-refractivity contribution in [1.29, 1.82) is 0 Å². The summed E-state index contributed by atoms with van der Waals surface area (Å²) in [6.07, 6.45) is 3.89. The molecule has 0 bridgehead atoms. The molecule has 1 saturated heterocycles. The molecule has 2 N–H and O–H groups in total.